The van der Waals surface area contributed by atoms with E-state index in [0.717, 1.165) is 28.1 Å². The molecule has 2 fully saturated rings. The molecule has 0 bridgehead atoms. The SMILES string of the molecule is Cc1sc2nc(CCC(=O)N3CCCC(C(=O)N4CCOCC4)C3)[nH]c(=O)c2c1C. The number of amides is 2. The van der Waals surface area contributed by atoms with Gasteiger partial charge >= 0.3 is 0 Å². The monoisotopic (exact) mass is 432 g/mol. The molecular formula is C21H28N4O4S. The van der Waals surface area contributed by atoms with E-state index in [9.17, 15) is 14.4 Å². The fraction of sp³-hybridized carbons (Fsp3) is 0.619. The molecule has 2 aliphatic rings. The second-order valence-electron chi connectivity index (χ2n) is 8.09. The minimum Gasteiger partial charge on any atom is -0.378 e. The summed E-state index contributed by atoms with van der Waals surface area (Å²) in [7, 11) is 0. The summed E-state index contributed by atoms with van der Waals surface area (Å²) < 4.78 is 5.32. The molecule has 2 aromatic rings. The number of hydrogen-bond donors (Lipinski definition) is 1. The molecule has 1 N–H and O–H groups in total. The first-order valence-electron chi connectivity index (χ1n) is 10.6. The van der Waals surface area contributed by atoms with Crippen molar-refractivity contribution in [2.45, 2.75) is 39.5 Å². The van der Waals surface area contributed by atoms with Gasteiger partial charge in [0.1, 0.15) is 10.7 Å². The van der Waals surface area contributed by atoms with Gasteiger partial charge in [0.05, 0.1) is 24.5 Å². The Balaban J connectivity index is 1.37. The predicted octanol–water partition coefficient (Wildman–Crippen LogP) is 1.63. The molecule has 30 heavy (non-hydrogen) atoms. The summed E-state index contributed by atoms with van der Waals surface area (Å²) in [5.74, 6) is 0.554. The van der Waals surface area contributed by atoms with Crippen LogP contribution in [0, 0.1) is 19.8 Å². The fourth-order valence-electron chi connectivity index (χ4n) is 4.25. The van der Waals surface area contributed by atoms with Crippen molar-refractivity contribution in [3.8, 4) is 0 Å². The van der Waals surface area contributed by atoms with Crippen LogP contribution in [0.2, 0.25) is 0 Å². The Morgan fingerprint density at radius 3 is 2.73 bits per heavy atom. The number of rotatable bonds is 4. The molecule has 2 saturated heterocycles. The van der Waals surface area contributed by atoms with Gasteiger partial charge in [0.15, 0.2) is 0 Å². The van der Waals surface area contributed by atoms with E-state index in [0.29, 0.717) is 57.0 Å². The van der Waals surface area contributed by atoms with Gasteiger partial charge in [0.2, 0.25) is 11.8 Å². The van der Waals surface area contributed by atoms with E-state index >= 15 is 0 Å². The van der Waals surface area contributed by atoms with Gasteiger partial charge in [-0.25, -0.2) is 4.98 Å². The average Bonchev–Trinajstić information content (AvgIpc) is 3.06. The molecule has 162 valence electrons. The molecule has 2 aromatic heterocycles. The molecule has 4 heterocycles. The van der Waals surface area contributed by atoms with Gasteiger partial charge in [-0.1, -0.05) is 0 Å². The normalized spacial score (nSPS) is 20.0. The number of nitrogens with one attached hydrogen (secondary N) is 1. The highest BCUT2D eigenvalue weighted by Gasteiger charge is 2.31. The average molecular weight is 433 g/mol. The summed E-state index contributed by atoms with van der Waals surface area (Å²) in [5, 5.41) is 0.646. The summed E-state index contributed by atoms with van der Waals surface area (Å²) in [6.07, 6.45) is 2.32. The van der Waals surface area contributed by atoms with Crippen LogP contribution in [0.3, 0.4) is 0 Å². The number of H-pyrrole nitrogens is 1. The van der Waals surface area contributed by atoms with Crippen molar-refractivity contribution in [3.05, 3.63) is 26.6 Å². The van der Waals surface area contributed by atoms with Crippen LogP contribution >= 0.6 is 11.3 Å². The maximum absolute atomic E-state index is 12.8. The van der Waals surface area contributed by atoms with Crippen LogP contribution in [0.4, 0.5) is 0 Å². The molecular weight excluding hydrogens is 404 g/mol. The van der Waals surface area contributed by atoms with E-state index in [-0.39, 0.29) is 29.7 Å². The highest BCUT2D eigenvalue weighted by molar-refractivity contribution is 7.18. The van der Waals surface area contributed by atoms with Crippen molar-refractivity contribution < 1.29 is 14.3 Å². The van der Waals surface area contributed by atoms with Crippen molar-refractivity contribution in [2.75, 3.05) is 39.4 Å². The quantitative estimate of drug-likeness (QED) is 0.792. The van der Waals surface area contributed by atoms with E-state index < -0.39 is 0 Å². The Hall–Kier alpha value is -2.26. The Labute approximate surface area is 179 Å². The Bertz CT molecular complexity index is 1010. The number of likely N-dealkylation sites (tertiary alicyclic amines) is 1. The highest BCUT2D eigenvalue weighted by Crippen LogP contribution is 2.26. The van der Waals surface area contributed by atoms with E-state index in [1.54, 1.807) is 4.90 Å². The van der Waals surface area contributed by atoms with Gasteiger partial charge in [-0.3, -0.25) is 14.4 Å². The maximum atomic E-state index is 12.8. The van der Waals surface area contributed by atoms with Gasteiger partial charge in [-0.2, -0.15) is 0 Å². The van der Waals surface area contributed by atoms with Crippen LogP contribution < -0.4 is 5.56 Å². The van der Waals surface area contributed by atoms with E-state index in [4.69, 9.17) is 4.74 Å². The second kappa shape index (κ2) is 8.85. The third-order valence-electron chi connectivity index (χ3n) is 6.11. The third-order valence-corrected chi connectivity index (χ3v) is 7.21. The molecule has 1 atom stereocenters. The van der Waals surface area contributed by atoms with Crippen LogP contribution in [-0.4, -0.2) is 71.0 Å². The first kappa shape index (κ1) is 21.0. The van der Waals surface area contributed by atoms with Crippen LogP contribution in [0.25, 0.3) is 10.2 Å². The molecule has 0 spiro atoms. The third kappa shape index (κ3) is 4.27. The number of fused-ring (bicyclic) bond motifs is 1. The van der Waals surface area contributed by atoms with Crippen molar-refractivity contribution >= 4 is 33.4 Å². The van der Waals surface area contributed by atoms with Crippen molar-refractivity contribution in [1.29, 1.82) is 0 Å². The zero-order valence-corrected chi connectivity index (χ0v) is 18.3. The number of carbonyl (C=O) groups excluding carboxylic acids is 2. The summed E-state index contributed by atoms with van der Waals surface area (Å²) >= 11 is 1.51. The molecule has 0 aliphatic carbocycles. The molecule has 8 nitrogen and oxygen atoms in total. The van der Waals surface area contributed by atoms with E-state index in [2.05, 4.69) is 9.97 Å². The second-order valence-corrected chi connectivity index (χ2v) is 9.30. The van der Waals surface area contributed by atoms with Crippen molar-refractivity contribution in [2.24, 2.45) is 5.92 Å². The topological polar surface area (TPSA) is 95.6 Å². The molecule has 4 rings (SSSR count). The number of nitrogens with zero attached hydrogens (tertiary/aromatic N) is 3. The van der Waals surface area contributed by atoms with Crippen LogP contribution in [0.5, 0.6) is 0 Å². The number of aryl methyl sites for hydroxylation is 3. The Morgan fingerprint density at radius 1 is 1.20 bits per heavy atom. The van der Waals surface area contributed by atoms with Crippen LogP contribution in [0.1, 0.15) is 35.5 Å². The van der Waals surface area contributed by atoms with Gasteiger partial charge < -0.3 is 19.5 Å². The van der Waals surface area contributed by atoms with Gasteiger partial charge in [-0.15, -0.1) is 11.3 Å². The Morgan fingerprint density at radius 2 is 1.97 bits per heavy atom. The standard InChI is InChI=1S/C21H28N4O4S/c1-13-14(2)30-20-18(13)19(27)22-16(23-20)5-6-17(26)25-7-3-4-15(12-25)21(28)24-8-10-29-11-9-24/h15H,3-12H2,1-2H3,(H,22,23,27). The molecule has 0 aromatic carbocycles. The lowest BCUT2D eigenvalue weighted by Gasteiger charge is -2.36. The number of ether oxygens (including phenoxy) is 1. The lowest BCUT2D eigenvalue weighted by Crippen LogP contribution is -2.49. The minimum absolute atomic E-state index is 0.00997. The number of piperidine rings is 1. The van der Waals surface area contributed by atoms with Crippen molar-refractivity contribution in [3.63, 3.8) is 0 Å². The molecule has 1 unspecified atom stereocenters. The van der Waals surface area contributed by atoms with E-state index in [1.165, 1.54) is 11.3 Å². The van der Waals surface area contributed by atoms with Gasteiger partial charge in [-0.05, 0) is 32.3 Å². The molecule has 2 amide bonds. The molecule has 2 aliphatic heterocycles. The highest BCUT2D eigenvalue weighted by atomic mass is 32.1. The van der Waals surface area contributed by atoms with Crippen LogP contribution in [-0.2, 0) is 20.7 Å². The number of aromatic amines is 1. The Kier molecular flexibility index (Phi) is 6.19. The van der Waals surface area contributed by atoms with Crippen LogP contribution in [0.15, 0.2) is 4.79 Å². The summed E-state index contributed by atoms with van der Waals surface area (Å²) in [6.45, 7) is 7.49. The zero-order chi connectivity index (χ0) is 21.3. The number of morpholine rings is 1. The first-order valence-corrected chi connectivity index (χ1v) is 11.4. The zero-order valence-electron chi connectivity index (χ0n) is 17.5. The summed E-state index contributed by atoms with van der Waals surface area (Å²) in [6, 6.07) is 0. The lowest BCUT2D eigenvalue weighted by atomic mass is 9.96. The molecule has 0 radical (unpaired) electrons. The summed E-state index contributed by atoms with van der Waals surface area (Å²) in [4.78, 5) is 50.8. The number of hydrogen-bond acceptors (Lipinski definition) is 6. The van der Waals surface area contributed by atoms with Gasteiger partial charge in [0, 0.05) is 43.9 Å². The number of aromatic nitrogens is 2. The fourth-order valence-corrected chi connectivity index (χ4v) is 5.30. The smallest absolute Gasteiger partial charge is 0.259 e. The summed E-state index contributed by atoms with van der Waals surface area (Å²) in [5.41, 5.74) is 0.828. The minimum atomic E-state index is -0.140. The number of carbonyl (C=O) groups is 2. The van der Waals surface area contributed by atoms with Gasteiger partial charge in [0.25, 0.3) is 5.56 Å². The first-order chi connectivity index (χ1) is 14.4. The molecule has 0 saturated carbocycles. The maximum Gasteiger partial charge on any atom is 0.259 e. The largest absolute Gasteiger partial charge is 0.378 e. The predicted molar refractivity (Wildman–Crippen MR) is 115 cm³/mol. The number of thiophene rings is 1. The molecule has 9 heteroatoms. The van der Waals surface area contributed by atoms with E-state index in [1.807, 2.05) is 18.7 Å². The van der Waals surface area contributed by atoms with Crippen molar-refractivity contribution in [1.82, 2.24) is 19.8 Å². The lowest BCUT2D eigenvalue weighted by molar-refractivity contribution is -0.144.